The van der Waals surface area contributed by atoms with E-state index in [1.807, 2.05) is 43.7 Å². The third-order valence-corrected chi connectivity index (χ3v) is 2.69. The fourth-order valence-corrected chi connectivity index (χ4v) is 1.88. The Morgan fingerprint density at radius 1 is 1.31 bits per heavy atom. The van der Waals surface area contributed by atoms with Gasteiger partial charge in [-0.15, -0.1) is 0 Å². The van der Waals surface area contributed by atoms with Crippen LogP contribution in [0.5, 0.6) is 5.75 Å². The van der Waals surface area contributed by atoms with Crippen molar-refractivity contribution in [2.45, 2.75) is 27.3 Å². The number of aryl methyl sites for hydroxylation is 3. The summed E-state index contributed by atoms with van der Waals surface area (Å²) in [6.07, 6.45) is 0. The van der Waals surface area contributed by atoms with E-state index in [0.29, 0.717) is 5.69 Å². The first-order chi connectivity index (χ1) is 7.63. The standard InChI is InChI=1S/C13H16N2O/c1-4-15-12(13(16)10(3)14-15)11-7-5-6-9(2)8-11/h5-8,16H,4H2,1-3H3. The second-order valence-corrected chi connectivity index (χ2v) is 3.97. The lowest BCUT2D eigenvalue weighted by molar-refractivity contribution is 0.472. The second kappa shape index (κ2) is 4.00. The Hall–Kier alpha value is -1.77. The van der Waals surface area contributed by atoms with Crippen molar-refractivity contribution < 1.29 is 5.11 Å². The van der Waals surface area contributed by atoms with E-state index in [-0.39, 0.29) is 5.75 Å². The van der Waals surface area contributed by atoms with Gasteiger partial charge >= 0.3 is 0 Å². The van der Waals surface area contributed by atoms with Crippen LogP contribution >= 0.6 is 0 Å². The average Bonchev–Trinajstić information content (AvgIpc) is 2.55. The predicted molar refractivity (Wildman–Crippen MR) is 64.5 cm³/mol. The normalized spacial score (nSPS) is 10.7. The van der Waals surface area contributed by atoms with Crippen molar-refractivity contribution in [1.82, 2.24) is 9.78 Å². The van der Waals surface area contributed by atoms with Crippen LogP contribution in [0.2, 0.25) is 0 Å². The lowest BCUT2D eigenvalue weighted by Gasteiger charge is -2.06. The summed E-state index contributed by atoms with van der Waals surface area (Å²) in [6, 6.07) is 8.09. The maximum Gasteiger partial charge on any atom is 0.164 e. The predicted octanol–water partition coefficient (Wildman–Crippen LogP) is 2.89. The first kappa shape index (κ1) is 10.7. The Balaban J connectivity index is 2.63. The smallest absolute Gasteiger partial charge is 0.164 e. The minimum absolute atomic E-state index is 0.285. The van der Waals surface area contributed by atoms with Gasteiger partial charge in [0, 0.05) is 12.1 Å². The number of nitrogens with zero attached hydrogens (tertiary/aromatic N) is 2. The van der Waals surface area contributed by atoms with Crippen molar-refractivity contribution in [2.75, 3.05) is 0 Å². The molecule has 1 N–H and O–H groups in total. The molecule has 2 rings (SSSR count). The molecule has 0 saturated heterocycles. The fraction of sp³-hybridized carbons (Fsp3) is 0.308. The number of benzene rings is 1. The van der Waals surface area contributed by atoms with Crippen molar-refractivity contribution in [3.05, 3.63) is 35.5 Å². The van der Waals surface area contributed by atoms with E-state index in [1.165, 1.54) is 5.56 Å². The molecule has 0 saturated carbocycles. The molecule has 0 amide bonds. The molecule has 0 aliphatic carbocycles. The van der Waals surface area contributed by atoms with E-state index in [9.17, 15) is 5.11 Å². The van der Waals surface area contributed by atoms with Gasteiger partial charge < -0.3 is 5.11 Å². The highest BCUT2D eigenvalue weighted by Gasteiger charge is 2.14. The van der Waals surface area contributed by atoms with Crippen LogP contribution in [-0.2, 0) is 6.54 Å². The first-order valence-electron chi connectivity index (χ1n) is 5.47. The van der Waals surface area contributed by atoms with Gasteiger partial charge in [0.05, 0.1) is 0 Å². The van der Waals surface area contributed by atoms with Crippen molar-refractivity contribution in [1.29, 1.82) is 0 Å². The van der Waals surface area contributed by atoms with Crippen LogP contribution in [0.1, 0.15) is 18.2 Å². The van der Waals surface area contributed by atoms with Gasteiger partial charge in [-0.05, 0) is 26.8 Å². The third kappa shape index (κ3) is 1.69. The third-order valence-electron chi connectivity index (χ3n) is 2.69. The van der Waals surface area contributed by atoms with Gasteiger partial charge in [0.15, 0.2) is 5.75 Å². The highest BCUT2D eigenvalue weighted by Crippen LogP contribution is 2.32. The molecule has 1 aromatic carbocycles. The number of hydrogen-bond donors (Lipinski definition) is 1. The minimum atomic E-state index is 0.285. The molecule has 0 atom stereocenters. The summed E-state index contributed by atoms with van der Waals surface area (Å²) in [6.45, 7) is 6.64. The molecule has 1 heterocycles. The van der Waals surface area contributed by atoms with Crippen LogP contribution in [-0.4, -0.2) is 14.9 Å². The maximum absolute atomic E-state index is 10.0. The molecule has 84 valence electrons. The zero-order valence-corrected chi connectivity index (χ0v) is 9.86. The van der Waals surface area contributed by atoms with Gasteiger partial charge in [-0.3, -0.25) is 4.68 Å². The van der Waals surface area contributed by atoms with Crippen LogP contribution in [0, 0.1) is 13.8 Å². The van der Waals surface area contributed by atoms with Crippen LogP contribution in [0.15, 0.2) is 24.3 Å². The van der Waals surface area contributed by atoms with Gasteiger partial charge in [0.1, 0.15) is 11.4 Å². The number of aromatic hydroxyl groups is 1. The topological polar surface area (TPSA) is 38.0 Å². The highest BCUT2D eigenvalue weighted by molar-refractivity contribution is 5.68. The van der Waals surface area contributed by atoms with E-state index in [1.54, 1.807) is 0 Å². The average molecular weight is 216 g/mol. The summed E-state index contributed by atoms with van der Waals surface area (Å²) < 4.78 is 1.83. The van der Waals surface area contributed by atoms with Crippen molar-refractivity contribution in [3.8, 4) is 17.0 Å². The first-order valence-corrected chi connectivity index (χ1v) is 5.47. The quantitative estimate of drug-likeness (QED) is 0.838. The molecule has 0 unspecified atom stereocenters. The zero-order valence-electron chi connectivity index (χ0n) is 9.86. The van der Waals surface area contributed by atoms with Crippen molar-refractivity contribution >= 4 is 0 Å². The molecule has 16 heavy (non-hydrogen) atoms. The van der Waals surface area contributed by atoms with E-state index < -0.39 is 0 Å². The van der Waals surface area contributed by atoms with Gasteiger partial charge in [0.2, 0.25) is 0 Å². The molecule has 3 nitrogen and oxygen atoms in total. The van der Waals surface area contributed by atoms with Crippen LogP contribution in [0.3, 0.4) is 0 Å². The monoisotopic (exact) mass is 216 g/mol. The molecule has 0 fully saturated rings. The lowest BCUT2D eigenvalue weighted by atomic mass is 10.1. The maximum atomic E-state index is 10.0. The van der Waals surface area contributed by atoms with Crippen LogP contribution in [0.25, 0.3) is 11.3 Å². The Kier molecular flexibility index (Phi) is 2.69. The Bertz CT molecular complexity index is 515. The zero-order chi connectivity index (χ0) is 11.7. The van der Waals surface area contributed by atoms with E-state index >= 15 is 0 Å². The largest absolute Gasteiger partial charge is 0.504 e. The molecule has 0 bridgehead atoms. The Labute approximate surface area is 95.3 Å². The summed E-state index contributed by atoms with van der Waals surface area (Å²) in [5.41, 5.74) is 3.68. The number of hydrogen-bond acceptors (Lipinski definition) is 2. The molecule has 2 aromatic rings. The minimum Gasteiger partial charge on any atom is -0.504 e. The number of rotatable bonds is 2. The summed E-state index contributed by atoms with van der Waals surface area (Å²) in [4.78, 5) is 0. The highest BCUT2D eigenvalue weighted by atomic mass is 16.3. The summed E-state index contributed by atoms with van der Waals surface area (Å²) in [5.74, 6) is 0.285. The number of aromatic nitrogens is 2. The molecular formula is C13H16N2O. The molecular weight excluding hydrogens is 200 g/mol. The van der Waals surface area contributed by atoms with Crippen LogP contribution in [0.4, 0.5) is 0 Å². The Morgan fingerprint density at radius 2 is 2.06 bits per heavy atom. The molecule has 3 heteroatoms. The van der Waals surface area contributed by atoms with Crippen LogP contribution < -0.4 is 0 Å². The van der Waals surface area contributed by atoms with Gasteiger partial charge in [0.25, 0.3) is 0 Å². The van der Waals surface area contributed by atoms with Crippen molar-refractivity contribution in [2.24, 2.45) is 0 Å². The molecule has 0 aliphatic rings. The molecule has 1 aromatic heterocycles. The second-order valence-electron chi connectivity index (χ2n) is 3.97. The van der Waals surface area contributed by atoms with E-state index in [2.05, 4.69) is 11.2 Å². The summed E-state index contributed by atoms with van der Waals surface area (Å²) in [7, 11) is 0. The van der Waals surface area contributed by atoms with Gasteiger partial charge in [-0.25, -0.2) is 0 Å². The fourth-order valence-electron chi connectivity index (χ4n) is 1.88. The van der Waals surface area contributed by atoms with E-state index in [0.717, 1.165) is 17.8 Å². The van der Waals surface area contributed by atoms with Gasteiger partial charge in [-0.1, -0.05) is 23.8 Å². The molecule has 0 spiro atoms. The summed E-state index contributed by atoms with van der Waals surface area (Å²) in [5, 5.41) is 14.3. The SMILES string of the molecule is CCn1nc(C)c(O)c1-c1cccc(C)c1. The summed E-state index contributed by atoms with van der Waals surface area (Å²) >= 11 is 0. The van der Waals surface area contributed by atoms with Crippen molar-refractivity contribution in [3.63, 3.8) is 0 Å². The molecule has 0 aliphatic heterocycles. The van der Waals surface area contributed by atoms with Gasteiger partial charge in [-0.2, -0.15) is 5.10 Å². The Morgan fingerprint density at radius 3 is 2.69 bits per heavy atom. The van der Waals surface area contributed by atoms with E-state index in [4.69, 9.17) is 0 Å². The molecule has 0 radical (unpaired) electrons. The lowest BCUT2D eigenvalue weighted by Crippen LogP contribution is -1.99.